The SMILES string of the molecule is Cc1cc(S(=O)(=O)N2CCCSCC2)sc1CO. The summed E-state index contributed by atoms with van der Waals surface area (Å²) in [7, 11) is -3.37. The first-order valence-electron chi connectivity index (χ1n) is 5.84. The molecule has 0 bridgehead atoms. The second-order valence-electron chi connectivity index (χ2n) is 4.20. The number of aliphatic hydroxyl groups excluding tert-OH is 1. The third kappa shape index (κ3) is 2.91. The minimum Gasteiger partial charge on any atom is -0.391 e. The predicted molar refractivity (Wildman–Crippen MR) is 75.7 cm³/mol. The van der Waals surface area contributed by atoms with Crippen LogP contribution in [-0.2, 0) is 16.6 Å². The number of nitrogens with zero attached hydrogens (tertiary/aromatic N) is 1. The maximum Gasteiger partial charge on any atom is 0.252 e. The van der Waals surface area contributed by atoms with Crippen molar-refractivity contribution >= 4 is 33.1 Å². The highest BCUT2D eigenvalue weighted by Crippen LogP contribution is 2.29. The number of thiophene rings is 1. The second kappa shape index (κ2) is 5.92. The minimum absolute atomic E-state index is 0.0954. The molecule has 1 N–H and O–H groups in total. The third-order valence-electron chi connectivity index (χ3n) is 2.92. The number of sulfonamides is 1. The van der Waals surface area contributed by atoms with Gasteiger partial charge in [-0.3, -0.25) is 0 Å². The lowest BCUT2D eigenvalue weighted by Crippen LogP contribution is -2.32. The molecular formula is C11H17NO3S3. The van der Waals surface area contributed by atoms with Crippen LogP contribution in [0, 0.1) is 6.92 Å². The highest BCUT2D eigenvalue weighted by molar-refractivity contribution is 7.99. The summed E-state index contributed by atoms with van der Waals surface area (Å²) in [5.74, 6) is 1.88. The number of hydrogen-bond acceptors (Lipinski definition) is 5. The third-order valence-corrected chi connectivity index (χ3v) is 7.54. The van der Waals surface area contributed by atoms with Crippen molar-refractivity contribution in [3.63, 3.8) is 0 Å². The molecule has 0 amide bonds. The molecule has 18 heavy (non-hydrogen) atoms. The lowest BCUT2D eigenvalue weighted by atomic mass is 10.3. The van der Waals surface area contributed by atoms with E-state index in [2.05, 4.69) is 0 Å². The van der Waals surface area contributed by atoms with E-state index in [9.17, 15) is 8.42 Å². The van der Waals surface area contributed by atoms with Crippen molar-refractivity contribution in [3.05, 3.63) is 16.5 Å². The summed E-state index contributed by atoms with van der Waals surface area (Å²) in [5.41, 5.74) is 0.852. The Hall–Kier alpha value is -0.0800. The molecule has 7 heteroatoms. The van der Waals surface area contributed by atoms with E-state index in [-0.39, 0.29) is 6.61 Å². The molecule has 0 radical (unpaired) electrons. The average Bonchev–Trinajstić information content (AvgIpc) is 2.55. The predicted octanol–water partition coefficient (Wildman–Crippen LogP) is 1.68. The number of hydrogen-bond donors (Lipinski definition) is 1. The van der Waals surface area contributed by atoms with Crippen molar-refractivity contribution in [3.8, 4) is 0 Å². The fourth-order valence-electron chi connectivity index (χ4n) is 1.86. The highest BCUT2D eigenvalue weighted by Gasteiger charge is 2.27. The smallest absolute Gasteiger partial charge is 0.252 e. The molecule has 4 nitrogen and oxygen atoms in total. The fourth-order valence-corrected chi connectivity index (χ4v) is 5.95. The summed E-state index contributed by atoms with van der Waals surface area (Å²) >= 11 is 2.98. The van der Waals surface area contributed by atoms with Crippen molar-refractivity contribution in [1.82, 2.24) is 4.31 Å². The summed E-state index contributed by atoms with van der Waals surface area (Å²) in [6, 6.07) is 1.67. The van der Waals surface area contributed by atoms with Crippen LogP contribution in [0.5, 0.6) is 0 Å². The molecule has 0 spiro atoms. The Bertz CT molecular complexity index is 502. The van der Waals surface area contributed by atoms with Crippen molar-refractivity contribution in [2.24, 2.45) is 0 Å². The molecule has 1 aliphatic heterocycles. The van der Waals surface area contributed by atoms with E-state index in [1.807, 2.05) is 6.92 Å². The fraction of sp³-hybridized carbons (Fsp3) is 0.636. The lowest BCUT2D eigenvalue weighted by molar-refractivity contribution is 0.285. The topological polar surface area (TPSA) is 57.6 Å². The van der Waals surface area contributed by atoms with Crippen LogP contribution >= 0.6 is 23.1 Å². The molecular weight excluding hydrogens is 290 g/mol. The molecule has 2 rings (SSSR count). The quantitative estimate of drug-likeness (QED) is 0.923. The van der Waals surface area contributed by atoms with Crippen LogP contribution in [0.2, 0.25) is 0 Å². The zero-order valence-corrected chi connectivity index (χ0v) is 12.7. The first kappa shape index (κ1) is 14.3. The van der Waals surface area contributed by atoms with Gasteiger partial charge in [-0.25, -0.2) is 8.42 Å². The standard InChI is InChI=1S/C11H17NO3S3/c1-9-7-11(17-10(9)8-13)18(14,15)12-3-2-5-16-6-4-12/h7,13H,2-6,8H2,1H3. The molecule has 1 fully saturated rings. The maximum atomic E-state index is 12.5. The van der Waals surface area contributed by atoms with Gasteiger partial charge in [0.25, 0.3) is 10.0 Å². The van der Waals surface area contributed by atoms with Gasteiger partial charge in [0.15, 0.2) is 0 Å². The van der Waals surface area contributed by atoms with Crippen LogP contribution in [0.15, 0.2) is 10.3 Å². The normalized spacial score (nSPS) is 18.8. The van der Waals surface area contributed by atoms with Gasteiger partial charge >= 0.3 is 0 Å². The van der Waals surface area contributed by atoms with Crippen molar-refractivity contribution in [2.45, 2.75) is 24.2 Å². The molecule has 102 valence electrons. The van der Waals surface area contributed by atoms with Gasteiger partial charge in [-0.05, 0) is 30.7 Å². The number of aliphatic hydroxyl groups is 1. The molecule has 2 heterocycles. The Morgan fingerprint density at radius 3 is 2.83 bits per heavy atom. The van der Waals surface area contributed by atoms with Crippen molar-refractivity contribution in [2.75, 3.05) is 24.6 Å². The van der Waals surface area contributed by atoms with Gasteiger partial charge in [-0.1, -0.05) is 0 Å². The van der Waals surface area contributed by atoms with E-state index >= 15 is 0 Å². The monoisotopic (exact) mass is 307 g/mol. The van der Waals surface area contributed by atoms with Crippen LogP contribution < -0.4 is 0 Å². The van der Waals surface area contributed by atoms with Gasteiger partial charge < -0.3 is 5.11 Å². The Balaban J connectivity index is 2.28. The van der Waals surface area contributed by atoms with E-state index in [4.69, 9.17) is 5.11 Å². The zero-order valence-electron chi connectivity index (χ0n) is 10.3. The molecule has 1 saturated heterocycles. The van der Waals surface area contributed by atoms with E-state index in [0.717, 1.165) is 28.4 Å². The number of aryl methyl sites for hydroxylation is 1. The van der Waals surface area contributed by atoms with Gasteiger partial charge in [0.05, 0.1) is 6.61 Å². The Labute approximate surface area is 116 Å². The summed E-state index contributed by atoms with van der Waals surface area (Å²) < 4.78 is 26.9. The van der Waals surface area contributed by atoms with E-state index < -0.39 is 10.0 Å². The maximum absolute atomic E-state index is 12.5. The molecule has 1 aromatic heterocycles. The van der Waals surface area contributed by atoms with Crippen LogP contribution in [0.25, 0.3) is 0 Å². The minimum atomic E-state index is -3.37. The van der Waals surface area contributed by atoms with Crippen LogP contribution in [0.4, 0.5) is 0 Å². The first-order chi connectivity index (χ1) is 8.55. The molecule has 0 aromatic carbocycles. The second-order valence-corrected chi connectivity index (χ2v) is 8.73. The lowest BCUT2D eigenvalue weighted by Gasteiger charge is -2.18. The zero-order chi connectivity index (χ0) is 13.2. The Kier molecular flexibility index (Phi) is 4.71. The van der Waals surface area contributed by atoms with Gasteiger partial charge in [0, 0.05) is 23.7 Å². The van der Waals surface area contributed by atoms with Gasteiger partial charge in [0.2, 0.25) is 0 Å². The van der Waals surface area contributed by atoms with Crippen molar-refractivity contribution in [1.29, 1.82) is 0 Å². The van der Waals surface area contributed by atoms with E-state index in [0.29, 0.717) is 17.3 Å². The molecule has 0 unspecified atom stereocenters. The molecule has 0 aliphatic carbocycles. The van der Waals surface area contributed by atoms with Crippen molar-refractivity contribution < 1.29 is 13.5 Å². The number of thioether (sulfide) groups is 1. The van der Waals surface area contributed by atoms with Gasteiger partial charge in [-0.15, -0.1) is 11.3 Å². The molecule has 1 aliphatic rings. The van der Waals surface area contributed by atoms with Crippen LogP contribution in [0.3, 0.4) is 0 Å². The largest absolute Gasteiger partial charge is 0.391 e. The van der Waals surface area contributed by atoms with Crippen LogP contribution in [-0.4, -0.2) is 42.4 Å². The first-order valence-corrected chi connectivity index (χ1v) is 9.25. The van der Waals surface area contributed by atoms with Crippen LogP contribution in [0.1, 0.15) is 16.9 Å². The Morgan fingerprint density at radius 2 is 2.17 bits per heavy atom. The summed E-state index contributed by atoms with van der Waals surface area (Å²) in [6.07, 6.45) is 0.904. The summed E-state index contributed by atoms with van der Waals surface area (Å²) in [4.78, 5) is 0.734. The van der Waals surface area contributed by atoms with E-state index in [1.165, 1.54) is 11.3 Å². The number of rotatable bonds is 3. The Morgan fingerprint density at radius 1 is 1.39 bits per heavy atom. The summed E-state index contributed by atoms with van der Waals surface area (Å²) in [5, 5.41) is 9.15. The van der Waals surface area contributed by atoms with Gasteiger partial charge in [-0.2, -0.15) is 16.1 Å². The average molecular weight is 307 g/mol. The van der Waals surface area contributed by atoms with E-state index in [1.54, 1.807) is 22.1 Å². The summed E-state index contributed by atoms with van der Waals surface area (Å²) in [6.45, 7) is 2.92. The molecule has 0 atom stereocenters. The highest BCUT2D eigenvalue weighted by atomic mass is 32.2. The molecule has 0 saturated carbocycles. The molecule has 1 aromatic rings. The van der Waals surface area contributed by atoms with Gasteiger partial charge in [0.1, 0.15) is 4.21 Å².